The summed E-state index contributed by atoms with van der Waals surface area (Å²) in [7, 11) is 1.59. The predicted molar refractivity (Wildman–Crippen MR) is 78.5 cm³/mol. The summed E-state index contributed by atoms with van der Waals surface area (Å²) in [5.74, 6) is 1.14. The topological polar surface area (TPSA) is 60.7 Å². The quantitative estimate of drug-likeness (QED) is 0.850. The zero-order valence-corrected chi connectivity index (χ0v) is 12.2. The second kappa shape index (κ2) is 7.38. The molecule has 0 fully saturated rings. The van der Waals surface area contributed by atoms with Gasteiger partial charge in [0.05, 0.1) is 19.6 Å². The van der Waals surface area contributed by atoms with Crippen LogP contribution in [-0.2, 0) is 11.2 Å². The fourth-order valence-corrected chi connectivity index (χ4v) is 1.97. The molecule has 112 valence electrons. The van der Waals surface area contributed by atoms with Crippen molar-refractivity contribution >= 4 is 5.91 Å². The van der Waals surface area contributed by atoms with Crippen LogP contribution in [0.3, 0.4) is 0 Å². The lowest BCUT2D eigenvalue weighted by Crippen LogP contribution is -2.37. The first-order chi connectivity index (χ1) is 10.2. The van der Waals surface area contributed by atoms with Gasteiger partial charge in [-0.15, -0.1) is 0 Å². The van der Waals surface area contributed by atoms with E-state index in [-0.39, 0.29) is 18.6 Å². The molecule has 5 nitrogen and oxygen atoms in total. The highest BCUT2D eigenvalue weighted by atomic mass is 16.5. The fraction of sp³-hybridized carbons (Fsp3) is 0.312. The van der Waals surface area contributed by atoms with Gasteiger partial charge in [-0.1, -0.05) is 6.07 Å². The van der Waals surface area contributed by atoms with Gasteiger partial charge in [-0.25, -0.2) is 0 Å². The summed E-state index contributed by atoms with van der Waals surface area (Å²) < 4.78 is 15.5. The molecule has 0 aliphatic heterocycles. The Balaban J connectivity index is 1.76. The van der Waals surface area contributed by atoms with Gasteiger partial charge >= 0.3 is 0 Å². The molecule has 0 spiro atoms. The number of amides is 1. The number of hydrogen-bond acceptors (Lipinski definition) is 4. The Hall–Kier alpha value is -2.43. The van der Waals surface area contributed by atoms with E-state index in [0.717, 1.165) is 12.0 Å². The molecule has 1 unspecified atom stereocenters. The number of carbonyl (C=O) groups excluding carboxylic acids is 1. The molecule has 0 aliphatic carbocycles. The first kappa shape index (κ1) is 15.0. The Morgan fingerprint density at radius 2 is 2.14 bits per heavy atom. The van der Waals surface area contributed by atoms with E-state index < -0.39 is 0 Å². The van der Waals surface area contributed by atoms with Crippen LogP contribution in [0.25, 0.3) is 0 Å². The molecule has 0 saturated heterocycles. The van der Waals surface area contributed by atoms with E-state index in [1.54, 1.807) is 31.8 Å². The van der Waals surface area contributed by atoms with Gasteiger partial charge in [-0.2, -0.15) is 0 Å². The molecule has 1 heterocycles. The van der Waals surface area contributed by atoms with Gasteiger partial charge in [0.1, 0.15) is 11.5 Å². The predicted octanol–water partition coefficient (Wildman–Crippen LogP) is 2.41. The highest BCUT2D eigenvalue weighted by molar-refractivity contribution is 5.77. The maximum atomic E-state index is 11.8. The van der Waals surface area contributed by atoms with Crippen LogP contribution < -0.4 is 14.8 Å². The minimum atomic E-state index is -0.159. The molecule has 1 aromatic heterocycles. The van der Waals surface area contributed by atoms with Gasteiger partial charge in [-0.05, 0) is 37.1 Å². The number of ether oxygens (including phenoxy) is 2. The molecular weight excluding hydrogens is 270 g/mol. The third kappa shape index (κ3) is 4.87. The van der Waals surface area contributed by atoms with Crippen LogP contribution >= 0.6 is 0 Å². The summed E-state index contributed by atoms with van der Waals surface area (Å²) in [6.07, 6.45) is 4.02. The van der Waals surface area contributed by atoms with Crippen molar-refractivity contribution in [2.45, 2.75) is 19.4 Å². The van der Waals surface area contributed by atoms with Gasteiger partial charge in [0.2, 0.25) is 0 Å². The van der Waals surface area contributed by atoms with Crippen molar-refractivity contribution in [2.24, 2.45) is 0 Å². The van der Waals surface area contributed by atoms with Crippen molar-refractivity contribution in [1.82, 2.24) is 5.32 Å². The maximum Gasteiger partial charge on any atom is 0.258 e. The molecule has 2 rings (SSSR count). The summed E-state index contributed by atoms with van der Waals surface area (Å²) in [6, 6.07) is 9.06. The minimum Gasteiger partial charge on any atom is -0.497 e. The Morgan fingerprint density at radius 3 is 2.86 bits per heavy atom. The molecule has 0 saturated carbocycles. The maximum absolute atomic E-state index is 11.8. The van der Waals surface area contributed by atoms with E-state index in [2.05, 4.69) is 5.32 Å². The molecular formula is C16H19NO4. The van der Waals surface area contributed by atoms with E-state index in [9.17, 15) is 4.79 Å². The van der Waals surface area contributed by atoms with E-state index in [4.69, 9.17) is 13.9 Å². The summed E-state index contributed by atoms with van der Waals surface area (Å²) in [4.78, 5) is 11.8. The zero-order chi connectivity index (χ0) is 15.1. The largest absolute Gasteiger partial charge is 0.497 e. The van der Waals surface area contributed by atoms with E-state index in [1.807, 2.05) is 25.1 Å². The molecule has 1 N–H and O–H groups in total. The number of furan rings is 1. The van der Waals surface area contributed by atoms with Gasteiger partial charge in [-0.3, -0.25) is 4.79 Å². The Labute approximate surface area is 123 Å². The molecule has 0 radical (unpaired) electrons. The van der Waals surface area contributed by atoms with Gasteiger partial charge in [0.25, 0.3) is 5.91 Å². The second-order valence-corrected chi connectivity index (χ2v) is 4.77. The van der Waals surface area contributed by atoms with Crippen LogP contribution in [0.5, 0.6) is 11.5 Å². The molecule has 5 heteroatoms. The Kier molecular flexibility index (Phi) is 5.26. The minimum absolute atomic E-state index is 0.0176. The van der Waals surface area contributed by atoms with Crippen LogP contribution in [0.1, 0.15) is 12.5 Å². The molecule has 21 heavy (non-hydrogen) atoms. The first-order valence-electron chi connectivity index (χ1n) is 6.74. The summed E-state index contributed by atoms with van der Waals surface area (Å²) in [6.45, 7) is 1.92. The van der Waals surface area contributed by atoms with Crippen molar-refractivity contribution in [3.8, 4) is 11.5 Å². The first-order valence-corrected chi connectivity index (χ1v) is 6.74. The molecule has 1 atom stereocenters. The third-order valence-electron chi connectivity index (χ3n) is 2.94. The second-order valence-electron chi connectivity index (χ2n) is 4.77. The highest BCUT2D eigenvalue weighted by Crippen LogP contribution is 2.18. The van der Waals surface area contributed by atoms with Crippen LogP contribution in [-0.4, -0.2) is 25.7 Å². The van der Waals surface area contributed by atoms with Crippen molar-refractivity contribution < 1.29 is 18.7 Å². The highest BCUT2D eigenvalue weighted by Gasteiger charge is 2.09. The van der Waals surface area contributed by atoms with E-state index in [1.165, 1.54) is 0 Å². The normalized spacial score (nSPS) is 11.7. The Bertz CT molecular complexity index is 565. The summed E-state index contributed by atoms with van der Waals surface area (Å²) in [5, 5.41) is 2.88. The molecule has 1 amide bonds. The Morgan fingerprint density at radius 1 is 1.33 bits per heavy atom. The van der Waals surface area contributed by atoms with E-state index >= 15 is 0 Å². The van der Waals surface area contributed by atoms with Crippen molar-refractivity contribution in [3.05, 3.63) is 48.4 Å². The summed E-state index contributed by atoms with van der Waals surface area (Å²) >= 11 is 0. The number of methoxy groups -OCH3 is 1. The lowest BCUT2D eigenvalue weighted by molar-refractivity contribution is -0.123. The van der Waals surface area contributed by atoms with Crippen molar-refractivity contribution in [3.63, 3.8) is 0 Å². The molecule has 0 bridgehead atoms. The van der Waals surface area contributed by atoms with Crippen molar-refractivity contribution in [2.75, 3.05) is 13.7 Å². The number of hydrogen-bond donors (Lipinski definition) is 1. The average Bonchev–Trinajstić information content (AvgIpc) is 2.98. The molecule has 1 aromatic carbocycles. The van der Waals surface area contributed by atoms with Crippen LogP contribution in [0.4, 0.5) is 0 Å². The van der Waals surface area contributed by atoms with Crippen LogP contribution in [0.15, 0.2) is 47.3 Å². The average molecular weight is 289 g/mol. The number of carbonyl (C=O) groups is 1. The lowest BCUT2D eigenvalue weighted by atomic mass is 10.1. The summed E-state index contributed by atoms with van der Waals surface area (Å²) in [5.41, 5.74) is 1.05. The van der Waals surface area contributed by atoms with Gasteiger partial charge < -0.3 is 19.2 Å². The van der Waals surface area contributed by atoms with E-state index in [0.29, 0.717) is 11.5 Å². The number of rotatable bonds is 7. The molecule has 2 aromatic rings. The van der Waals surface area contributed by atoms with Crippen LogP contribution in [0.2, 0.25) is 0 Å². The van der Waals surface area contributed by atoms with Crippen LogP contribution in [0, 0.1) is 0 Å². The lowest BCUT2D eigenvalue weighted by Gasteiger charge is -2.13. The standard InChI is InChI=1S/C16H19NO4/c1-12(8-13-6-7-20-10-13)17-16(18)11-21-15-5-3-4-14(9-15)19-2/h3-7,9-10,12H,8,11H2,1-2H3,(H,17,18). The smallest absolute Gasteiger partial charge is 0.258 e. The van der Waals surface area contributed by atoms with Crippen molar-refractivity contribution in [1.29, 1.82) is 0 Å². The zero-order valence-electron chi connectivity index (χ0n) is 12.2. The third-order valence-corrected chi connectivity index (χ3v) is 2.94. The molecule has 0 aliphatic rings. The van der Waals surface area contributed by atoms with Gasteiger partial charge in [0, 0.05) is 12.1 Å². The van der Waals surface area contributed by atoms with Gasteiger partial charge in [0.15, 0.2) is 6.61 Å². The number of nitrogens with one attached hydrogen (secondary N) is 1. The monoisotopic (exact) mass is 289 g/mol. The fourth-order valence-electron chi connectivity index (χ4n) is 1.97. The number of benzene rings is 1. The SMILES string of the molecule is COc1cccc(OCC(=O)NC(C)Cc2ccoc2)c1.